The van der Waals surface area contributed by atoms with E-state index in [1.807, 2.05) is 19.1 Å². The first-order valence-corrected chi connectivity index (χ1v) is 6.47. The van der Waals surface area contributed by atoms with Crippen LogP contribution >= 0.6 is 22.9 Å². The van der Waals surface area contributed by atoms with Crippen LogP contribution in [0.15, 0.2) is 24.3 Å². The summed E-state index contributed by atoms with van der Waals surface area (Å²) < 4.78 is 4.71. The molecule has 0 aliphatic carbocycles. The van der Waals surface area contributed by atoms with Crippen molar-refractivity contribution in [3.63, 3.8) is 0 Å². The fraction of sp³-hybridized carbons (Fsp3) is 0.154. The maximum absolute atomic E-state index is 11.6. The molecule has 0 bridgehead atoms. The van der Waals surface area contributed by atoms with Crippen molar-refractivity contribution in [2.24, 2.45) is 0 Å². The number of hydrogen-bond acceptors (Lipinski definition) is 4. The van der Waals surface area contributed by atoms with E-state index in [0.717, 1.165) is 16.0 Å². The lowest BCUT2D eigenvalue weighted by Crippen LogP contribution is -2.02. The summed E-state index contributed by atoms with van der Waals surface area (Å²) in [5.41, 5.74) is 8.31. The molecule has 2 aromatic rings. The summed E-state index contributed by atoms with van der Waals surface area (Å²) in [7, 11) is 1.35. The molecule has 3 nitrogen and oxygen atoms in total. The van der Waals surface area contributed by atoms with Crippen LogP contribution in [-0.4, -0.2) is 13.1 Å². The van der Waals surface area contributed by atoms with Crippen molar-refractivity contribution in [2.75, 3.05) is 12.8 Å². The summed E-state index contributed by atoms with van der Waals surface area (Å²) in [4.78, 5) is 13.0. The second kappa shape index (κ2) is 5.00. The summed E-state index contributed by atoms with van der Waals surface area (Å²) in [6.45, 7) is 1.93. The van der Waals surface area contributed by atoms with Crippen molar-refractivity contribution in [2.45, 2.75) is 6.92 Å². The number of ether oxygens (including phenoxy) is 1. The molecule has 94 valence electrons. The number of rotatable bonds is 2. The average molecular weight is 282 g/mol. The maximum atomic E-state index is 11.6. The number of carbonyl (C=O) groups excluding carboxylic acids is 1. The highest BCUT2D eigenvalue weighted by Gasteiger charge is 2.20. The Morgan fingerprint density at radius 3 is 2.50 bits per heavy atom. The highest BCUT2D eigenvalue weighted by atomic mass is 35.5. The molecule has 0 fully saturated rings. The minimum absolute atomic E-state index is 0.402. The fourth-order valence-corrected chi connectivity index (χ4v) is 2.92. The van der Waals surface area contributed by atoms with Gasteiger partial charge in [0.05, 0.1) is 12.8 Å². The fourth-order valence-electron chi connectivity index (χ4n) is 1.78. The third-order valence-corrected chi connectivity index (χ3v) is 3.98. The topological polar surface area (TPSA) is 52.3 Å². The monoisotopic (exact) mass is 281 g/mol. The van der Waals surface area contributed by atoms with E-state index in [-0.39, 0.29) is 0 Å². The number of hydrogen-bond donors (Lipinski definition) is 1. The van der Waals surface area contributed by atoms with Crippen LogP contribution in [0.3, 0.4) is 0 Å². The van der Waals surface area contributed by atoms with Crippen molar-refractivity contribution in [3.05, 3.63) is 39.0 Å². The number of aryl methyl sites for hydroxylation is 1. The summed E-state index contributed by atoms with van der Waals surface area (Å²) in [6, 6.07) is 7.36. The first kappa shape index (κ1) is 12.9. The van der Waals surface area contributed by atoms with Crippen molar-refractivity contribution >= 4 is 34.6 Å². The van der Waals surface area contributed by atoms with Crippen LogP contribution < -0.4 is 5.73 Å². The molecular weight excluding hydrogens is 270 g/mol. The van der Waals surface area contributed by atoms with Crippen LogP contribution in [0.2, 0.25) is 5.02 Å². The zero-order valence-corrected chi connectivity index (χ0v) is 11.6. The van der Waals surface area contributed by atoms with E-state index < -0.39 is 5.97 Å². The molecule has 0 spiro atoms. The molecule has 0 amide bonds. The Morgan fingerprint density at radius 1 is 1.33 bits per heavy atom. The average Bonchev–Trinajstić information content (AvgIpc) is 2.65. The lowest BCUT2D eigenvalue weighted by molar-refractivity contribution is 0.0607. The van der Waals surface area contributed by atoms with Gasteiger partial charge in [-0.15, -0.1) is 11.3 Å². The number of benzene rings is 1. The smallest absolute Gasteiger partial charge is 0.350 e. The molecule has 1 aromatic carbocycles. The quantitative estimate of drug-likeness (QED) is 0.853. The molecule has 1 aromatic heterocycles. The minimum Gasteiger partial charge on any atom is -0.465 e. The number of anilines is 1. The van der Waals surface area contributed by atoms with E-state index in [0.29, 0.717) is 15.6 Å². The lowest BCUT2D eigenvalue weighted by Gasteiger charge is -2.03. The number of esters is 1. The van der Waals surface area contributed by atoms with Crippen LogP contribution in [0.25, 0.3) is 11.1 Å². The van der Waals surface area contributed by atoms with E-state index in [1.165, 1.54) is 18.4 Å². The second-order valence-corrected chi connectivity index (χ2v) is 5.44. The number of methoxy groups -OCH3 is 1. The molecule has 0 saturated carbocycles. The molecule has 1 heterocycles. The van der Waals surface area contributed by atoms with E-state index in [4.69, 9.17) is 22.1 Å². The summed E-state index contributed by atoms with van der Waals surface area (Å²) in [6.07, 6.45) is 0. The Kier molecular flexibility index (Phi) is 3.59. The van der Waals surface area contributed by atoms with Gasteiger partial charge in [-0.2, -0.15) is 0 Å². The predicted octanol–water partition coefficient (Wildman–Crippen LogP) is 3.75. The van der Waals surface area contributed by atoms with Gasteiger partial charge in [-0.3, -0.25) is 0 Å². The largest absolute Gasteiger partial charge is 0.465 e. The van der Waals surface area contributed by atoms with Gasteiger partial charge in [-0.1, -0.05) is 23.7 Å². The van der Waals surface area contributed by atoms with Crippen LogP contribution in [0, 0.1) is 6.92 Å². The second-order valence-electron chi connectivity index (χ2n) is 3.77. The molecule has 0 radical (unpaired) electrons. The number of thiophene rings is 1. The highest BCUT2D eigenvalue weighted by molar-refractivity contribution is 7.15. The van der Waals surface area contributed by atoms with Gasteiger partial charge in [0.2, 0.25) is 0 Å². The van der Waals surface area contributed by atoms with Gasteiger partial charge < -0.3 is 10.5 Å². The first-order valence-electron chi connectivity index (χ1n) is 5.27. The van der Waals surface area contributed by atoms with Gasteiger partial charge >= 0.3 is 5.97 Å². The van der Waals surface area contributed by atoms with Crippen molar-refractivity contribution in [1.82, 2.24) is 0 Å². The molecule has 2 N–H and O–H groups in total. The molecule has 0 saturated heterocycles. The number of nitrogens with two attached hydrogens (primary N) is 1. The Bertz CT molecular complexity index is 590. The summed E-state index contributed by atoms with van der Waals surface area (Å²) in [5, 5.41) is 0.665. The van der Waals surface area contributed by atoms with Crippen LogP contribution in [0.4, 0.5) is 5.69 Å². The van der Waals surface area contributed by atoms with E-state index >= 15 is 0 Å². The van der Waals surface area contributed by atoms with Gasteiger partial charge in [0.15, 0.2) is 0 Å². The summed E-state index contributed by atoms with van der Waals surface area (Å²) >= 11 is 7.19. The zero-order chi connectivity index (χ0) is 13.3. The molecule has 0 atom stereocenters. The lowest BCUT2D eigenvalue weighted by atomic mass is 10.0. The molecule has 0 unspecified atom stereocenters. The van der Waals surface area contributed by atoms with Crippen molar-refractivity contribution < 1.29 is 9.53 Å². The third-order valence-electron chi connectivity index (χ3n) is 2.62. The Morgan fingerprint density at radius 2 is 1.94 bits per heavy atom. The Labute approximate surface area is 114 Å². The van der Waals surface area contributed by atoms with Crippen molar-refractivity contribution in [3.8, 4) is 11.1 Å². The maximum Gasteiger partial charge on any atom is 0.350 e. The molecule has 5 heteroatoms. The third kappa shape index (κ3) is 2.21. The van der Waals surface area contributed by atoms with Gasteiger partial charge in [0, 0.05) is 15.5 Å². The van der Waals surface area contributed by atoms with Gasteiger partial charge in [-0.25, -0.2) is 4.79 Å². The Balaban J connectivity index is 2.55. The zero-order valence-electron chi connectivity index (χ0n) is 9.99. The SMILES string of the molecule is COC(=O)c1sc(C)c(-c2ccc(Cl)cc2)c1N. The number of carbonyl (C=O) groups is 1. The van der Waals surface area contributed by atoms with E-state index in [9.17, 15) is 4.79 Å². The van der Waals surface area contributed by atoms with Crippen LogP contribution in [-0.2, 0) is 4.74 Å². The highest BCUT2D eigenvalue weighted by Crippen LogP contribution is 2.39. The first-order chi connectivity index (χ1) is 8.54. The normalized spacial score (nSPS) is 10.4. The molecule has 0 aliphatic rings. The van der Waals surface area contributed by atoms with Gasteiger partial charge in [-0.05, 0) is 24.6 Å². The van der Waals surface area contributed by atoms with Crippen molar-refractivity contribution in [1.29, 1.82) is 0 Å². The van der Waals surface area contributed by atoms with E-state index in [1.54, 1.807) is 12.1 Å². The molecule has 0 aliphatic heterocycles. The summed E-state index contributed by atoms with van der Waals surface area (Å²) in [5.74, 6) is -0.402. The number of halogens is 1. The van der Waals surface area contributed by atoms with Crippen LogP contribution in [0.5, 0.6) is 0 Å². The van der Waals surface area contributed by atoms with Gasteiger partial charge in [0.25, 0.3) is 0 Å². The molecule has 18 heavy (non-hydrogen) atoms. The predicted molar refractivity (Wildman–Crippen MR) is 75.3 cm³/mol. The number of nitrogen functional groups attached to an aromatic ring is 1. The minimum atomic E-state index is -0.402. The van der Waals surface area contributed by atoms with E-state index in [2.05, 4.69) is 0 Å². The standard InChI is InChI=1S/C13H12ClNO2S/c1-7-10(8-3-5-9(14)6-4-8)11(15)12(18-7)13(16)17-2/h3-6H,15H2,1-2H3. The Hall–Kier alpha value is -1.52. The molecule has 2 rings (SSSR count). The van der Waals surface area contributed by atoms with Gasteiger partial charge in [0.1, 0.15) is 4.88 Å². The van der Waals surface area contributed by atoms with Crippen LogP contribution in [0.1, 0.15) is 14.5 Å². The molecular formula is C13H12ClNO2S.